The highest BCUT2D eigenvalue weighted by molar-refractivity contribution is 7.65. The summed E-state index contributed by atoms with van der Waals surface area (Å²) in [6.07, 6.45) is 0. The summed E-state index contributed by atoms with van der Waals surface area (Å²) < 4.78 is 25.9. The predicted octanol–water partition coefficient (Wildman–Crippen LogP) is 6.34. The average Bonchev–Trinajstić information content (AvgIpc) is 3.28. The summed E-state index contributed by atoms with van der Waals surface area (Å²) in [4.78, 5) is 14.1. The van der Waals surface area contributed by atoms with Crippen molar-refractivity contribution in [2.24, 2.45) is 0 Å². The first-order valence-electron chi connectivity index (χ1n) is 10.8. The van der Waals surface area contributed by atoms with Gasteiger partial charge in [0.25, 0.3) is 0 Å². The molecule has 162 valence electrons. The van der Waals surface area contributed by atoms with E-state index in [4.69, 9.17) is 9.05 Å². The molecule has 1 N–H and O–H groups in total. The van der Waals surface area contributed by atoms with Gasteiger partial charge < -0.3 is 14.4 Å². The number of para-hydroxylation sites is 1. The van der Waals surface area contributed by atoms with Gasteiger partial charge in [0.2, 0.25) is 0 Å². The van der Waals surface area contributed by atoms with Crippen molar-refractivity contribution in [3.63, 3.8) is 0 Å². The van der Waals surface area contributed by atoms with Crippen LogP contribution in [0.5, 0.6) is 0 Å². The Morgan fingerprint density at radius 3 is 2.06 bits per heavy atom. The molecule has 0 fully saturated rings. The maximum absolute atomic E-state index is 14.2. The molecule has 5 rings (SSSR count). The summed E-state index contributed by atoms with van der Waals surface area (Å²) in [6, 6.07) is 24.7. The molecule has 3 aromatic carbocycles. The van der Waals surface area contributed by atoms with Gasteiger partial charge in [-0.2, -0.15) is 0 Å². The van der Waals surface area contributed by atoms with Crippen LogP contribution in [0.3, 0.4) is 0 Å². The zero-order valence-corrected chi connectivity index (χ0v) is 18.9. The fourth-order valence-corrected chi connectivity index (χ4v) is 6.90. The number of carbonyl (C=O) groups excluding carboxylic acids is 1. The van der Waals surface area contributed by atoms with E-state index in [1.807, 2.05) is 78.9 Å². The second kappa shape index (κ2) is 7.86. The summed E-state index contributed by atoms with van der Waals surface area (Å²) in [7, 11) is -3.73. The third-order valence-electron chi connectivity index (χ3n) is 5.97. The van der Waals surface area contributed by atoms with E-state index in [0.717, 1.165) is 16.8 Å². The van der Waals surface area contributed by atoms with Crippen LogP contribution in [0.4, 0.5) is 5.69 Å². The van der Waals surface area contributed by atoms with E-state index in [-0.39, 0.29) is 19.0 Å². The number of fused-ring (bicyclic) bond motifs is 3. The van der Waals surface area contributed by atoms with Crippen LogP contribution in [-0.4, -0.2) is 19.0 Å². The molecule has 0 aromatic heterocycles. The number of hydrogen-bond donors (Lipinski definition) is 1. The molecular formula is C26H24NO4P. The number of benzene rings is 3. The molecule has 0 bridgehead atoms. The maximum atomic E-state index is 14.2. The highest BCUT2D eigenvalue weighted by atomic mass is 31.2. The lowest BCUT2D eigenvalue weighted by Gasteiger charge is -2.29. The van der Waals surface area contributed by atoms with Gasteiger partial charge in [-0.3, -0.25) is 9.36 Å². The molecule has 1 aliphatic heterocycles. The molecule has 0 radical (unpaired) electrons. The Morgan fingerprint density at radius 2 is 1.41 bits per heavy atom. The first-order valence-corrected chi connectivity index (χ1v) is 12.3. The Kier molecular flexibility index (Phi) is 5.13. The minimum atomic E-state index is -3.73. The highest BCUT2D eigenvalue weighted by Crippen LogP contribution is 2.70. The zero-order chi connectivity index (χ0) is 22.3. The number of anilines is 1. The van der Waals surface area contributed by atoms with Crippen molar-refractivity contribution >= 4 is 30.0 Å². The molecule has 0 unspecified atom stereocenters. The van der Waals surface area contributed by atoms with Gasteiger partial charge in [0.15, 0.2) is 11.3 Å². The minimum Gasteiger partial charge on any atom is -0.365 e. The van der Waals surface area contributed by atoms with Crippen LogP contribution in [0, 0.1) is 0 Å². The van der Waals surface area contributed by atoms with E-state index < -0.39 is 13.1 Å². The quantitative estimate of drug-likeness (QED) is 0.449. The van der Waals surface area contributed by atoms with Crippen molar-refractivity contribution in [3.05, 3.63) is 101 Å². The molecule has 1 atom stereocenters. The molecule has 0 amide bonds. The van der Waals surface area contributed by atoms with Crippen LogP contribution in [-0.2, 0) is 19.2 Å². The van der Waals surface area contributed by atoms with Crippen LogP contribution in [0.2, 0.25) is 0 Å². The Morgan fingerprint density at radius 1 is 0.812 bits per heavy atom. The van der Waals surface area contributed by atoms with Crippen molar-refractivity contribution in [1.82, 2.24) is 0 Å². The molecule has 1 spiro atoms. The molecule has 2 aliphatic rings. The maximum Gasteiger partial charge on any atom is 0.362 e. The summed E-state index contributed by atoms with van der Waals surface area (Å²) in [5, 5.41) is 3.97. The van der Waals surface area contributed by atoms with Crippen molar-refractivity contribution in [2.45, 2.75) is 19.4 Å². The molecule has 32 heavy (non-hydrogen) atoms. The topological polar surface area (TPSA) is 64.6 Å². The van der Waals surface area contributed by atoms with Gasteiger partial charge in [-0.15, -0.1) is 0 Å². The fraction of sp³-hybridized carbons (Fsp3) is 0.192. The van der Waals surface area contributed by atoms with E-state index in [1.54, 1.807) is 13.8 Å². The van der Waals surface area contributed by atoms with E-state index >= 15 is 0 Å². The van der Waals surface area contributed by atoms with E-state index in [0.29, 0.717) is 22.0 Å². The van der Waals surface area contributed by atoms with E-state index in [1.165, 1.54) is 0 Å². The molecule has 3 aromatic rings. The van der Waals surface area contributed by atoms with E-state index in [2.05, 4.69) is 5.32 Å². The Hall–Kier alpha value is -2.98. The second-order valence-corrected chi connectivity index (χ2v) is 9.68. The van der Waals surface area contributed by atoms with Gasteiger partial charge in [0, 0.05) is 16.8 Å². The molecule has 1 aliphatic carbocycles. The number of nitrogens with one attached hydrogen (secondary N) is 1. The van der Waals surface area contributed by atoms with Crippen molar-refractivity contribution in [1.29, 1.82) is 0 Å². The number of Topliss-reactive ketones (excluding diaryl/α,β-unsaturated/α-hetero) is 1. The number of ketones is 1. The molecule has 1 heterocycles. The normalized spacial score (nSPS) is 19.2. The summed E-state index contributed by atoms with van der Waals surface area (Å²) >= 11 is 0. The average molecular weight is 445 g/mol. The Balaban J connectivity index is 1.90. The minimum absolute atomic E-state index is 0.0750. The smallest absolute Gasteiger partial charge is 0.362 e. The molecule has 0 saturated heterocycles. The lowest BCUT2D eigenvalue weighted by molar-refractivity contribution is 0.0951. The van der Waals surface area contributed by atoms with Crippen LogP contribution in [0.1, 0.15) is 40.9 Å². The van der Waals surface area contributed by atoms with Gasteiger partial charge in [-0.25, -0.2) is 0 Å². The Labute approximate surface area is 187 Å². The third-order valence-corrected chi connectivity index (χ3v) is 8.18. The van der Waals surface area contributed by atoms with Crippen LogP contribution >= 0.6 is 7.60 Å². The summed E-state index contributed by atoms with van der Waals surface area (Å²) in [5.41, 5.74) is 3.06. The van der Waals surface area contributed by atoms with Gasteiger partial charge in [-0.05, 0) is 42.7 Å². The largest absolute Gasteiger partial charge is 0.365 e. The summed E-state index contributed by atoms with van der Waals surface area (Å²) in [6.45, 7) is 4.03. The van der Waals surface area contributed by atoms with Crippen LogP contribution in [0.15, 0.2) is 78.9 Å². The number of rotatable bonds is 6. The van der Waals surface area contributed by atoms with Crippen molar-refractivity contribution in [3.8, 4) is 0 Å². The lowest BCUT2D eigenvalue weighted by atomic mass is 9.80. The molecule has 5 nitrogen and oxygen atoms in total. The predicted molar refractivity (Wildman–Crippen MR) is 127 cm³/mol. The molecule has 6 heteroatoms. The highest BCUT2D eigenvalue weighted by Gasteiger charge is 2.58. The second-order valence-electron chi connectivity index (χ2n) is 7.72. The fourth-order valence-electron chi connectivity index (χ4n) is 4.83. The SMILES string of the molecule is CCOP(=O)(OCC)C1=C(c2ccccc2)[C@]2(Nc3ccccc3C2=O)c2ccccc21. The summed E-state index contributed by atoms with van der Waals surface area (Å²) in [5.74, 6) is -0.0750. The third kappa shape index (κ3) is 2.86. The van der Waals surface area contributed by atoms with Gasteiger partial charge in [0.1, 0.15) is 0 Å². The first-order chi connectivity index (χ1) is 15.6. The standard InChI is InChI=1S/C26H24NO4P/c1-3-30-32(29,31-4-2)24-19-14-8-10-16-21(19)26(23(24)18-12-6-5-7-13-18)25(28)20-15-9-11-17-22(20)27-26/h5-17,27H,3-4H2,1-2H3/t26-/m1/s1. The monoisotopic (exact) mass is 445 g/mol. The Bertz CT molecular complexity index is 1270. The van der Waals surface area contributed by atoms with Gasteiger partial charge >= 0.3 is 7.60 Å². The number of hydrogen-bond acceptors (Lipinski definition) is 5. The van der Waals surface area contributed by atoms with Crippen molar-refractivity contribution < 1.29 is 18.4 Å². The van der Waals surface area contributed by atoms with E-state index in [9.17, 15) is 9.36 Å². The molecular weight excluding hydrogens is 421 g/mol. The van der Waals surface area contributed by atoms with Crippen LogP contribution < -0.4 is 5.32 Å². The zero-order valence-electron chi connectivity index (χ0n) is 18.0. The number of carbonyl (C=O) groups is 1. The van der Waals surface area contributed by atoms with Gasteiger partial charge in [0.05, 0.1) is 18.5 Å². The lowest BCUT2D eigenvalue weighted by Crippen LogP contribution is -2.38. The van der Waals surface area contributed by atoms with Gasteiger partial charge in [-0.1, -0.05) is 66.7 Å². The van der Waals surface area contributed by atoms with Crippen LogP contribution in [0.25, 0.3) is 10.9 Å². The van der Waals surface area contributed by atoms with Crippen molar-refractivity contribution in [2.75, 3.05) is 18.5 Å². The molecule has 0 saturated carbocycles. The first kappa shape index (κ1) is 20.9.